The summed E-state index contributed by atoms with van der Waals surface area (Å²) in [5.74, 6) is 0. The topological polar surface area (TPSA) is 54.4 Å². The second-order valence-corrected chi connectivity index (χ2v) is 6.63. The molecule has 3 nitrogen and oxygen atoms in total. The second-order valence-electron chi connectivity index (χ2n) is 5.21. The van der Waals surface area contributed by atoms with Gasteiger partial charge in [-0.25, -0.2) is 0 Å². The van der Waals surface area contributed by atoms with Crippen molar-refractivity contribution in [2.45, 2.75) is 32.1 Å². The fraction of sp³-hybridized carbons (Fsp3) is 0.385. The van der Waals surface area contributed by atoms with Crippen LogP contribution in [0.15, 0.2) is 35.2 Å². The molecule has 1 N–H and O–H groups in total. The van der Waals surface area contributed by atoms with Gasteiger partial charge in [0, 0.05) is 0 Å². The second kappa shape index (κ2) is 5.02. The van der Waals surface area contributed by atoms with Gasteiger partial charge >= 0.3 is 0 Å². The van der Waals surface area contributed by atoms with Crippen molar-refractivity contribution in [3.63, 3.8) is 0 Å². The Kier molecular flexibility index (Phi) is 4.11. The van der Waals surface area contributed by atoms with Gasteiger partial charge in [-0.2, -0.15) is 8.42 Å². The van der Waals surface area contributed by atoms with Crippen LogP contribution in [0.1, 0.15) is 32.8 Å². The van der Waals surface area contributed by atoms with Gasteiger partial charge in [0.15, 0.2) is 0 Å². The fourth-order valence-corrected chi connectivity index (χ4v) is 1.78. The maximum absolute atomic E-state index is 10.8. The number of benzene rings is 1. The number of allylic oxidation sites excluding steroid dienone is 1. The summed E-state index contributed by atoms with van der Waals surface area (Å²) in [7, 11) is -4.09. The van der Waals surface area contributed by atoms with Gasteiger partial charge in [0.05, 0.1) is 4.90 Å². The molecule has 1 aromatic rings. The van der Waals surface area contributed by atoms with Gasteiger partial charge in [-0.1, -0.05) is 45.1 Å². The Hall–Kier alpha value is -1.13. The van der Waals surface area contributed by atoms with Crippen LogP contribution in [0.3, 0.4) is 0 Å². The Morgan fingerprint density at radius 2 is 1.71 bits per heavy atom. The van der Waals surface area contributed by atoms with E-state index in [2.05, 4.69) is 26.8 Å². The van der Waals surface area contributed by atoms with Crippen LogP contribution in [-0.2, 0) is 10.1 Å². The monoisotopic (exact) mass is 254 g/mol. The summed E-state index contributed by atoms with van der Waals surface area (Å²) in [5.41, 5.74) is 1.16. The lowest BCUT2D eigenvalue weighted by molar-refractivity contribution is 0.421. The van der Waals surface area contributed by atoms with Crippen LogP contribution in [-0.4, -0.2) is 13.0 Å². The summed E-state index contributed by atoms with van der Waals surface area (Å²) in [6, 6.07) is 6.13. The zero-order chi connectivity index (χ0) is 13.1. The molecule has 17 heavy (non-hydrogen) atoms. The zero-order valence-electron chi connectivity index (χ0n) is 10.3. The first-order valence-corrected chi connectivity index (χ1v) is 6.87. The third kappa shape index (κ3) is 5.15. The molecule has 0 amide bonds. The summed E-state index contributed by atoms with van der Waals surface area (Å²) in [4.78, 5) is -0.0783. The zero-order valence-corrected chi connectivity index (χ0v) is 11.2. The molecule has 0 heterocycles. The summed E-state index contributed by atoms with van der Waals surface area (Å²) < 4.78 is 30.5. The van der Waals surface area contributed by atoms with Crippen molar-refractivity contribution in [1.29, 1.82) is 0 Å². The highest BCUT2D eigenvalue weighted by molar-refractivity contribution is 7.85. The first kappa shape index (κ1) is 13.9. The largest absolute Gasteiger partial charge is 0.294 e. The van der Waals surface area contributed by atoms with E-state index in [0.29, 0.717) is 0 Å². The maximum atomic E-state index is 10.8. The summed E-state index contributed by atoms with van der Waals surface area (Å²) in [5, 5.41) is 0. The van der Waals surface area contributed by atoms with Gasteiger partial charge in [-0.05, 0) is 29.5 Å². The van der Waals surface area contributed by atoms with Crippen LogP contribution in [0, 0.1) is 5.41 Å². The third-order valence-corrected chi connectivity index (χ3v) is 3.09. The van der Waals surface area contributed by atoms with Crippen LogP contribution in [0.2, 0.25) is 0 Å². The molecule has 0 fully saturated rings. The van der Waals surface area contributed by atoms with Crippen molar-refractivity contribution in [3.05, 3.63) is 35.9 Å². The molecule has 1 aromatic carbocycles. The highest BCUT2D eigenvalue weighted by atomic mass is 32.2. The van der Waals surface area contributed by atoms with Crippen LogP contribution in [0.4, 0.5) is 0 Å². The standard InChI is InChI=1S/C13H18O3S/c1-13(2,3)10-4-5-11-6-8-12(9-7-11)17(14,15)16/h4-9H,10H2,1-3H3,(H,14,15,16). The average molecular weight is 254 g/mol. The lowest BCUT2D eigenvalue weighted by Gasteiger charge is -2.14. The van der Waals surface area contributed by atoms with Gasteiger partial charge in [0.2, 0.25) is 0 Å². The van der Waals surface area contributed by atoms with Crippen LogP contribution in [0.5, 0.6) is 0 Å². The minimum atomic E-state index is -4.09. The molecule has 0 atom stereocenters. The van der Waals surface area contributed by atoms with Gasteiger partial charge < -0.3 is 0 Å². The molecular formula is C13H18O3S. The minimum Gasteiger partial charge on any atom is -0.282 e. The Bertz CT molecular complexity index is 490. The summed E-state index contributed by atoms with van der Waals surface area (Å²) in [6.45, 7) is 6.45. The minimum absolute atomic E-state index is 0.0783. The van der Waals surface area contributed by atoms with Gasteiger partial charge in [0.25, 0.3) is 10.1 Å². The van der Waals surface area contributed by atoms with E-state index in [1.54, 1.807) is 12.1 Å². The Morgan fingerprint density at radius 3 is 2.12 bits per heavy atom. The molecule has 94 valence electrons. The molecule has 0 saturated carbocycles. The van der Waals surface area contributed by atoms with Crippen molar-refractivity contribution < 1.29 is 13.0 Å². The molecule has 0 aliphatic heterocycles. The predicted octanol–water partition coefficient (Wildman–Crippen LogP) is 3.38. The summed E-state index contributed by atoms with van der Waals surface area (Å²) >= 11 is 0. The molecule has 0 bridgehead atoms. The van der Waals surface area contributed by atoms with Crippen molar-refractivity contribution in [1.82, 2.24) is 0 Å². The first-order chi connectivity index (χ1) is 7.68. The first-order valence-electron chi connectivity index (χ1n) is 5.43. The van der Waals surface area contributed by atoms with E-state index in [9.17, 15) is 8.42 Å². The SMILES string of the molecule is CC(C)(C)CC=Cc1ccc(S(=O)(=O)O)cc1. The van der Waals surface area contributed by atoms with Crippen molar-refractivity contribution in [3.8, 4) is 0 Å². The van der Waals surface area contributed by atoms with E-state index >= 15 is 0 Å². The highest BCUT2D eigenvalue weighted by Crippen LogP contribution is 2.20. The molecule has 0 unspecified atom stereocenters. The molecule has 4 heteroatoms. The van der Waals surface area contributed by atoms with E-state index in [0.717, 1.165) is 12.0 Å². The Labute approximate surface area is 103 Å². The maximum Gasteiger partial charge on any atom is 0.294 e. The molecule has 0 aliphatic rings. The van der Waals surface area contributed by atoms with Crippen LogP contribution < -0.4 is 0 Å². The molecule has 1 rings (SSSR count). The van der Waals surface area contributed by atoms with Crippen LogP contribution >= 0.6 is 0 Å². The van der Waals surface area contributed by atoms with Crippen LogP contribution in [0.25, 0.3) is 6.08 Å². The van der Waals surface area contributed by atoms with E-state index < -0.39 is 10.1 Å². The van der Waals surface area contributed by atoms with Crippen molar-refractivity contribution >= 4 is 16.2 Å². The van der Waals surface area contributed by atoms with Crippen molar-refractivity contribution in [2.24, 2.45) is 5.41 Å². The molecule has 0 aliphatic carbocycles. The fourth-order valence-electron chi connectivity index (χ4n) is 1.30. The average Bonchev–Trinajstić information content (AvgIpc) is 2.15. The number of rotatable bonds is 3. The smallest absolute Gasteiger partial charge is 0.282 e. The third-order valence-electron chi connectivity index (χ3n) is 2.22. The molecule has 0 radical (unpaired) electrons. The van der Waals surface area contributed by atoms with E-state index in [4.69, 9.17) is 4.55 Å². The lowest BCUT2D eigenvalue weighted by Crippen LogP contribution is -2.01. The molecule has 0 spiro atoms. The summed E-state index contributed by atoms with van der Waals surface area (Å²) in [6.07, 6.45) is 4.95. The predicted molar refractivity (Wildman–Crippen MR) is 69.4 cm³/mol. The molecule has 0 saturated heterocycles. The number of hydrogen-bond donors (Lipinski definition) is 1. The van der Waals surface area contributed by atoms with Gasteiger partial charge in [-0.15, -0.1) is 0 Å². The Balaban J connectivity index is 2.76. The highest BCUT2D eigenvalue weighted by Gasteiger charge is 2.08. The van der Waals surface area contributed by atoms with E-state index in [1.165, 1.54) is 12.1 Å². The van der Waals surface area contributed by atoms with Gasteiger partial charge in [0.1, 0.15) is 0 Å². The molecule has 0 aromatic heterocycles. The normalized spacial score (nSPS) is 13.2. The molecular weight excluding hydrogens is 236 g/mol. The number of hydrogen-bond acceptors (Lipinski definition) is 2. The Morgan fingerprint density at radius 1 is 1.18 bits per heavy atom. The van der Waals surface area contributed by atoms with E-state index in [-0.39, 0.29) is 10.3 Å². The van der Waals surface area contributed by atoms with E-state index in [1.807, 2.05) is 6.08 Å². The quantitative estimate of drug-likeness (QED) is 0.841. The van der Waals surface area contributed by atoms with Crippen molar-refractivity contribution in [2.75, 3.05) is 0 Å². The van der Waals surface area contributed by atoms with Gasteiger partial charge in [-0.3, -0.25) is 4.55 Å². The lowest BCUT2D eigenvalue weighted by atomic mass is 9.92.